The Bertz CT molecular complexity index is 794. The summed E-state index contributed by atoms with van der Waals surface area (Å²) in [6.07, 6.45) is 6.62. The van der Waals surface area contributed by atoms with Gasteiger partial charge in [-0.1, -0.05) is 29.3 Å². The summed E-state index contributed by atoms with van der Waals surface area (Å²) in [4.78, 5) is 31.1. The van der Waals surface area contributed by atoms with Gasteiger partial charge in [0.1, 0.15) is 0 Å². The number of carbonyl (C=O) groups is 2. The van der Waals surface area contributed by atoms with Crippen LogP contribution < -0.4 is 0 Å². The molecule has 2 aliphatic rings. The van der Waals surface area contributed by atoms with Gasteiger partial charge in [0.15, 0.2) is 0 Å². The van der Waals surface area contributed by atoms with E-state index < -0.39 is 0 Å². The van der Waals surface area contributed by atoms with Gasteiger partial charge in [0.2, 0.25) is 11.8 Å². The zero-order chi connectivity index (χ0) is 22.2. The molecule has 2 amide bonds. The quantitative estimate of drug-likeness (QED) is 0.625. The van der Waals surface area contributed by atoms with Crippen LogP contribution in [0.25, 0.3) is 6.08 Å². The van der Waals surface area contributed by atoms with E-state index >= 15 is 0 Å². The summed E-state index contributed by atoms with van der Waals surface area (Å²) >= 11 is 11.9. The molecule has 2 fully saturated rings. The van der Waals surface area contributed by atoms with E-state index in [2.05, 4.69) is 4.90 Å². The van der Waals surface area contributed by atoms with Gasteiger partial charge in [-0.2, -0.15) is 0 Å². The largest absolute Gasteiger partial charge is 0.396 e. The van der Waals surface area contributed by atoms with Crippen LogP contribution in [-0.4, -0.2) is 84.0 Å². The number of nitrogens with zero attached hydrogens (tertiary/aromatic N) is 3. The van der Waals surface area contributed by atoms with Crippen molar-refractivity contribution >= 4 is 41.1 Å². The molecule has 1 aromatic rings. The Morgan fingerprint density at radius 1 is 1.06 bits per heavy atom. The zero-order valence-corrected chi connectivity index (χ0v) is 19.3. The minimum Gasteiger partial charge on any atom is -0.396 e. The van der Waals surface area contributed by atoms with Crippen LogP contribution in [0.3, 0.4) is 0 Å². The topological polar surface area (TPSA) is 64.1 Å². The van der Waals surface area contributed by atoms with Crippen LogP contribution in [-0.2, 0) is 9.59 Å². The second-order valence-electron chi connectivity index (χ2n) is 8.28. The standard InChI is InChI=1S/C23H31Cl2N3O3/c24-20-4-2-18(16-21(20)25)3-5-22(30)28-13-8-23(31)27(14-15-28)10-1-9-26-11-6-19(17-29)7-12-26/h2-5,16,19,29H,1,6-15,17H2. The average Bonchev–Trinajstić information content (AvgIpc) is 2.96. The summed E-state index contributed by atoms with van der Waals surface area (Å²) in [5, 5.41) is 10.2. The Kier molecular flexibility index (Phi) is 9.20. The highest BCUT2D eigenvalue weighted by Gasteiger charge is 2.23. The Morgan fingerprint density at radius 2 is 1.84 bits per heavy atom. The Morgan fingerprint density at radius 3 is 2.55 bits per heavy atom. The molecule has 3 rings (SSSR count). The van der Waals surface area contributed by atoms with E-state index in [0.717, 1.165) is 51.0 Å². The first-order valence-corrected chi connectivity index (χ1v) is 11.7. The number of aliphatic hydroxyl groups is 1. The van der Waals surface area contributed by atoms with Crippen molar-refractivity contribution in [2.24, 2.45) is 5.92 Å². The number of benzene rings is 1. The van der Waals surface area contributed by atoms with Crippen LogP contribution in [0.1, 0.15) is 31.2 Å². The third-order valence-corrected chi connectivity index (χ3v) is 6.87. The predicted molar refractivity (Wildman–Crippen MR) is 124 cm³/mol. The van der Waals surface area contributed by atoms with Gasteiger partial charge in [-0.15, -0.1) is 0 Å². The molecule has 0 radical (unpaired) electrons. The monoisotopic (exact) mass is 467 g/mol. The van der Waals surface area contributed by atoms with Crippen LogP contribution in [0.2, 0.25) is 10.0 Å². The first kappa shape index (κ1) is 24.1. The molecule has 8 heteroatoms. The molecule has 0 spiro atoms. The lowest BCUT2D eigenvalue weighted by molar-refractivity contribution is -0.130. The number of piperidine rings is 1. The Labute approximate surface area is 194 Å². The van der Waals surface area contributed by atoms with Crippen LogP contribution in [0.4, 0.5) is 0 Å². The molecule has 0 aromatic heterocycles. The minimum atomic E-state index is -0.104. The van der Waals surface area contributed by atoms with Crippen molar-refractivity contribution in [1.29, 1.82) is 0 Å². The summed E-state index contributed by atoms with van der Waals surface area (Å²) in [6, 6.07) is 5.22. The summed E-state index contributed by atoms with van der Waals surface area (Å²) < 4.78 is 0. The fourth-order valence-electron chi connectivity index (χ4n) is 4.09. The van der Waals surface area contributed by atoms with Gasteiger partial charge in [-0.05, 0) is 68.6 Å². The molecule has 0 saturated carbocycles. The third-order valence-electron chi connectivity index (χ3n) is 6.13. The Balaban J connectivity index is 1.43. The molecule has 1 aromatic carbocycles. The maximum absolute atomic E-state index is 12.6. The molecular formula is C23H31Cl2N3O3. The summed E-state index contributed by atoms with van der Waals surface area (Å²) in [5.41, 5.74) is 0.804. The van der Waals surface area contributed by atoms with Gasteiger partial charge in [0.25, 0.3) is 0 Å². The maximum atomic E-state index is 12.6. The average molecular weight is 468 g/mol. The highest BCUT2D eigenvalue weighted by molar-refractivity contribution is 6.42. The lowest BCUT2D eigenvalue weighted by Crippen LogP contribution is -2.39. The third kappa shape index (κ3) is 7.21. The summed E-state index contributed by atoms with van der Waals surface area (Å²) in [7, 11) is 0. The number of hydrogen-bond donors (Lipinski definition) is 1. The molecule has 170 valence electrons. The number of aliphatic hydroxyl groups excluding tert-OH is 1. The number of hydrogen-bond acceptors (Lipinski definition) is 4. The molecule has 2 heterocycles. The maximum Gasteiger partial charge on any atom is 0.246 e. The van der Waals surface area contributed by atoms with E-state index in [9.17, 15) is 14.7 Å². The van der Waals surface area contributed by atoms with Gasteiger partial charge in [-0.25, -0.2) is 0 Å². The molecule has 0 atom stereocenters. The minimum absolute atomic E-state index is 0.104. The molecule has 2 aliphatic heterocycles. The molecule has 0 unspecified atom stereocenters. The number of carbonyl (C=O) groups excluding carboxylic acids is 2. The lowest BCUT2D eigenvalue weighted by atomic mass is 9.98. The van der Waals surface area contributed by atoms with E-state index in [1.807, 2.05) is 4.90 Å². The molecule has 0 bridgehead atoms. The van der Waals surface area contributed by atoms with E-state index in [-0.39, 0.29) is 18.4 Å². The van der Waals surface area contributed by atoms with Gasteiger partial charge >= 0.3 is 0 Å². The molecule has 2 saturated heterocycles. The fourth-order valence-corrected chi connectivity index (χ4v) is 4.40. The van der Waals surface area contributed by atoms with Crippen molar-refractivity contribution in [3.8, 4) is 0 Å². The second-order valence-corrected chi connectivity index (χ2v) is 9.10. The smallest absolute Gasteiger partial charge is 0.246 e. The van der Waals surface area contributed by atoms with Crippen LogP contribution in [0.5, 0.6) is 0 Å². The zero-order valence-electron chi connectivity index (χ0n) is 17.8. The molecule has 0 aliphatic carbocycles. The van der Waals surface area contributed by atoms with Gasteiger partial charge in [0.05, 0.1) is 10.0 Å². The van der Waals surface area contributed by atoms with Gasteiger partial charge in [-0.3, -0.25) is 9.59 Å². The first-order valence-electron chi connectivity index (χ1n) is 11.0. The molecule has 1 N–H and O–H groups in total. The van der Waals surface area contributed by atoms with Crippen LogP contribution in [0.15, 0.2) is 24.3 Å². The van der Waals surface area contributed by atoms with Gasteiger partial charge < -0.3 is 19.8 Å². The predicted octanol–water partition coefficient (Wildman–Crippen LogP) is 3.16. The van der Waals surface area contributed by atoms with E-state index in [4.69, 9.17) is 23.2 Å². The fraction of sp³-hybridized carbons (Fsp3) is 0.565. The summed E-state index contributed by atoms with van der Waals surface area (Å²) in [5.74, 6) is 0.452. The van der Waals surface area contributed by atoms with E-state index in [1.165, 1.54) is 6.08 Å². The first-order chi connectivity index (χ1) is 15.0. The van der Waals surface area contributed by atoms with Crippen molar-refractivity contribution in [2.75, 3.05) is 52.4 Å². The van der Waals surface area contributed by atoms with E-state index in [0.29, 0.717) is 42.0 Å². The van der Waals surface area contributed by atoms with Crippen molar-refractivity contribution in [3.05, 3.63) is 39.9 Å². The van der Waals surface area contributed by atoms with Crippen LogP contribution in [0, 0.1) is 5.92 Å². The normalized spacial score (nSPS) is 19.3. The van der Waals surface area contributed by atoms with Crippen molar-refractivity contribution in [3.63, 3.8) is 0 Å². The number of rotatable bonds is 7. The Hall–Kier alpha value is -1.60. The number of likely N-dealkylation sites (tertiary alicyclic amines) is 1. The summed E-state index contributed by atoms with van der Waals surface area (Å²) in [6.45, 7) is 5.56. The highest BCUT2D eigenvalue weighted by Crippen LogP contribution is 2.23. The SMILES string of the molecule is O=C(C=Cc1ccc(Cl)c(Cl)c1)N1CCC(=O)N(CCCN2CCC(CO)CC2)CC1. The number of amides is 2. The van der Waals surface area contributed by atoms with Crippen LogP contribution >= 0.6 is 23.2 Å². The molecule has 31 heavy (non-hydrogen) atoms. The highest BCUT2D eigenvalue weighted by atomic mass is 35.5. The van der Waals surface area contributed by atoms with Crippen molar-refractivity contribution < 1.29 is 14.7 Å². The lowest BCUT2D eigenvalue weighted by Gasteiger charge is -2.31. The van der Waals surface area contributed by atoms with E-state index in [1.54, 1.807) is 29.2 Å². The second kappa shape index (κ2) is 11.9. The van der Waals surface area contributed by atoms with Crippen molar-refractivity contribution in [2.45, 2.75) is 25.7 Å². The van der Waals surface area contributed by atoms with Crippen molar-refractivity contribution in [1.82, 2.24) is 14.7 Å². The van der Waals surface area contributed by atoms with Gasteiger partial charge in [0, 0.05) is 45.3 Å². The molecular weight excluding hydrogens is 437 g/mol. The molecule has 6 nitrogen and oxygen atoms in total. The number of halogens is 2.